The fourth-order valence-corrected chi connectivity index (χ4v) is 1.69. The molecule has 0 aromatic rings. The highest BCUT2D eigenvalue weighted by atomic mass is 16.7. The lowest BCUT2D eigenvalue weighted by Crippen LogP contribution is -2.21. The first-order chi connectivity index (χ1) is 9.97. The molecule has 0 N–H and O–H groups in total. The van der Waals surface area contributed by atoms with Crippen LogP contribution in [-0.4, -0.2) is 32.6 Å². The molecule has 0 aromatic carbocycles. The first kappa shape index (κ1) is 20.1. The summed E-state index contributed by atoms with van der Waals surface area (Å²) in [6.45, 7) is 9.36. The molecule has 0 fully saturated rings. The number of hydrogen-bond donors (Lipinski definition) is 0. The molecule has 0 heterocycles. The van der Waals surface area contributed by atoms with E-state index in [1.807, 2.05) is 6.08 Å². The summed E-state index contributed by atoms with van der Waals surface area (Å²) in [6, 6.07) is 0. The van der Waals surface area contributed by atoms with Crippen LogP contribution in [0.25, 0.3) is 0 Å². The van der Waals surface area contributed by atoms with Crippen molar-refractivity contribution in [2.24, 2.45) is 11.8 Å². The summed E-state index contributed by atoms with van der Waals surface area (Å²) < 4.78 is 15.5. The molecule has 0 saturated carbocycles. The molecule has 0 aliphatic carbocycles. The SMILES string of the molecule is COCOCCCC=C[C@@H](OC(=O)CCC(C)C)C(C)C. The number of rotatable bonds is 12. The molecule has 4 nitrogen and oxygen atoms in total. The molecule has 0 unspecified atom stereocenters. The summed E-state index contributed by atoms with van der Waals surface area (Å²) in [5.74, 6) is 0.710. The van der Waals surface area contributed by atoms with Gasteiger partial charge in [0.25, 0.3) is 0 Å². The van der Waals surface area contributed by atoms with E-state index in [2.05, 4.69) is 33.8 Å². The lowest BCUT2D eigenvalue weighted by molar-refractivity contribution is -0.148. The quantitative estimate of drug-likeness (QED) is 0.237. The Kier molecular flexibility index (Phi) is 12.3. The fourth-order valence-electron chi connectivity index (χ4n) is 1.69. The fraction of sp³-hybridized carbons (Fsp3) is 0.824. The van der Waals surface area contributed by atoms with Crippen molar-refractivity contribution >= 4 is 5.97 Å². The molecule has 0 aromatic heterocycles. The largest absolute Gasteiger partial charge is 0.458 e. The van der Waals surface area contributed by atoms with Crippen molar-refractivity contribution in [2.75, 3.05) is 20.5 Å². The Morgan fingerprint density at radius 3 is 2.48 bits per heavy atom. The number of unbranched alkanes of at least 4 members (excludes halogenated alkanes) is 1. The highest BCUT2D eigenvalue weighted by Crippen LogP contribution is 2.12. The van der Waals surface area contributed by atoms with Gasteiger partial charge in [0.1, 0.15) is 12.9 Å². The highest BCUT2D eigenvalue weighted by molar-refractivity contribution is 5.69. The van der Waals surface area contributed by atoms with Gasteiger partial charge < -0.3 is 14.2 Å². The first-order valence-corrected chi connectivity index (χ1v) is 7.90. The minimum absolute atomic E-state index is 0.101. The number of esters is 1. The maximum atomic E-state index is 11.8. The van der Waals surface area contributed by atoms with Gasteiger partial charge in [0.05, 0.1) is 0 Å². The van der Waals surface area contributed by atoms with Crippen LogP contribution in [0.5, 0.6) is 0 Å². The van der Waals surface area contributed by atoms with E-state index in [-0.39, 0.29) is 18.0 Å². The van der Waals surface area contributed by atoms with Crippen LogP contribution in [0.1, 0.15) is 53.4 Å². The molecule has 4 heteroatoms. The lowest BCUT2D eigenvalue weighted by atomic mass is 10.1. The van der Waals surface area contributed by atoms with Gasteiger partial charge in [-0.2, -0.15) is 0 Å². The maximum absolute atomic E-state index is 11.8. The van der Waals surface area contributed by atoms with Crippen LogP contribution in [0.15, 0.2) is 12.2 Å². The predicted molar refractivity (Wildman–Crippen MR) is 85.0 cm³/mol. The molecule has 0 aliphatic rings. The Bertz CT molecular complexity index is 285. The minimum Gasteiger partial charge on any atom is -0.458 e. The van der Waals surface area contributed by atoms with Crippen LogP contribution in [0.2, 0.25) is 0 Å². The Morgan fingerprint density at radius 1 is 1.19 bits per heavy atom. The topological polar surface area (TPSA) is 44.8 Å². The molecule has 0 spiro atoms. The summed E-state index contributed by atoms with van der Waals surface area (Å²) in [6.07, 6.45) is 7.15. The lowest BCUT2D eigenvalue weighted by Gasteiger charge is -2.18. The first-order valence-electron chi connectivity index (χ1n) is 7.90. The Morgan fingerprint density at radius 2 is 1.90 bits per heavy atom. The van der Waals surface area contributed by atoms with Gasteiger partial charge in [0, 0.05) is 20.1 Å². The molecule has 0 bridgehead atoms. The summed E-state index contributed by atoms with van der Waals surface area (Å²) >= 11 is 0. The van der Waals surface area contributed by atoms with Crippen molar-refractivity contribution in [3.8, 4) is 0 Å². The zero-order valence-corrected chi connectivity index (χ0v) is 14.3. The summed E-state index contributed by atoms with van der Waals surface area (Å²) in [5, 5.41) is 0. The van der Waals surface area contributed by atoms with Crippen LogP contribution in [0.3, 0.4) is 0 Å². The number of carbonyl (C=O) groups excluding carboxylic acids is 1. The number of methoxy groups -OCH3 is 1. The highest BCUT2D eigenvalue weighted by Gasteiger charge is 2.15. The molecule has 0 amide bonds. The molecular formula is C17H32O4. The van der Waals surface area contributed by atoms with Gasteiger partial charge in [-0.05, 0) is 37.2 Å². The number of hydrogen-bond acceptors (Lipinski definition) is 4. The monoisotopic (exact) mass is 300 g/mol. The minimum atomic E-state index is -0.135. The zero-order valence-electron chi connectivity index (χ0n) is 14.3. The van der Waals surface area contributed by atoms with Crippen molar-refractivity contribution in [1.82, 2.24) is 0 Å². The molecule has 124 valence electrons. The number of ether oxygens (including phenoxy) is 3. The van der Waals surface area contributed by atoms with Crippen LogP contribution in [-0.2, 0) is 19.0 Å². The summed E-state index contributed by atoms with van der Waals surface area (Å²) in [7, 11) is 1.61. The van der Waals surface area contributed by atoms with Crippen molar-refractivity contribution in [3.05, 3.63) is 12.2 Å². The molecule has 21 heavy (non-hydrogen) atoms. The van der Waals surface area contributed by atoms with Crippen LogP contribution >= 0.6 is 0 Å². The molecule has 1 atom stereocenters. The summed E-state index contributed by atoms with van der Waals surface area (Å²) in [5.41, 5.74) is 0. The average Bonchev–Trinajstić information content (AvgIpc) is 2.42. The molecule has 0 rings (SSSR count). The van der Waals surface area contributed by atoms with E-state index in [4.69, 9.17) is 14.2 Å². The summed E-state index contributed by atoms with van der Waals surface area (Å²) in [4.78, 5) is 11.8. The third-order valence-corrected chi connectivity index (χ3v) is 3.04. The Balaban J connectivity index is 3.98. The van der Waals surface area contributed by atoms with Gasteiger partial charge in [0.2, 0.25) is 0 Å². The van der Waals surface area contributed by atoms with E-state index in [9.17, 15) is 4.79 Å². The van der Waals surface area contributed by atoms with Crippen LogP contribution < -0.4 is 0 Å². The van der Waals surface area contributed by atoms with E-state index in [1.54, 1.807) is 7.11 Å². The van der Waals surface area contributed by atoms with Gasteiger partial charge >= 0.3 is 5.97 Å². The van der Waals surface area contributed by atoms with E-state index in [1.165, 1.54) is 0 Å². The van der Waals surface area contributed by atoms with E-state index in [0.717, 1.165) is 19.3 Å². The smallest absolute Gasteiger partial charge is 0.306 e. The Hall–Kier alpha value is -0.870. The second-order valence-electron chi connectivity index (χ2n) is 6.02. The van der Waals surface area contributed by atoms with E-state index < -0.39 is 0 Å². The van der Waals surface area contributed by atoms with Gasteiger partial charge in [-0.3, -0.25) is 4.79 Å². The molecule has 0 saturated heterocycles. The standard InChI is InChI=1S/C17H32O4/c1-14(2)10-11-17(18)21-16(15(3)4)9-7-6-8-12-20-13-19-5/h7,9,14-16H,6,8,10-13H2,1-5H3/t16-/m1/s1. The van der Waals surface area contributed by atoms with Gasteiger partial charge in [0.15, 0.2) is 0 Å². The van der Waals surface area contributed by atoms with Crippen molar-refractivity contribution in [2.45, 2.75) is 59.5 Å². The average molecular weight is 300 g/mol. The van der Waals surface area contributed by atoms with Crippen LogP contribution in [0.4, 0.5) is 0 Å². The van der Waals surface area contributed by atoms with Crippen molar-refractivity contribution < 1.29 is 19.0 Å². The second kappa shape index (κ2) is 12.8. The second-order valence-corrected chi connectivity index (χ2v) is 6.02. The number of carbonyl (C=O) groups is 1. The number of allylic oxidation sites excluding steroid dienone is 1. The molecular weight excluding hydrogens is 268 g/mol. The zero-order chi connectivity index (χ0) is 16.1. The van der Waals surface area contributed by atoms with Crippen molar-refractivity contribution in [1.29, 1.82) is 0 Å². The van der Waals surface area contributed by atoms with Crippen molar-refractivity contribution in [3.63, 3.8) is 0 Å². The normalized spacial score (nSPS) is 13.3. The molecule has 0 radical (unpaired) electrons. The van der Waals surface area contributed by atoms with E-state index >= 15 is 0 Å². The van der Waals surface area contributed by atoms with E-state index in [0.29, 0.717) is 25.7 Å². The third-order valence-electron chi connectivity index (χ3n) is 3.04. The van der Waals surface area contributed by atoms with Gasteiger partial charge in [-0.25, -0.2) is 0 Å². The molecule has 0 aliphatic heterocycles. The third kappa shape index (κ3) is 12.6. The van der Waals surface area contributed by atoms with Gasteiger partial charge in [-0.1, -0.05) is 33.8 Å². The van der Waals surface area contributed by atoms with Crippen LogP contribution in [0, 0.1) is 11.8 Å². The Labute approximate surface area is 129 Å². The maximum Gasteiger partial charge on any atom is 0.306 e. The predicted octanol–water partition coefficient (Wildman–Crippen LogP) is 3.95. The van der Waals surface area contributed by atoms with Gasteiger partial charge in [-0.15, -0.1) is 0 Å².